The average molecular weight is 1460 g/mol. The maximum absolute atomic E-state index is 11.8. The van der Waals surface area contributed by atoms with Crippen LogP contribution in [0.1, 0.15) is 222 Å². The Bertz CT molecular complexity index is 4470. The molecule has 6 saturated heterocycles. The summed E-state index contributed by atoms with van der Waals surface area (Å²) < 4.78 is 46.2. The molecule has 2 N–H and O–H groups in total. The monoisotopic (exact) mass is 1460 g/mol. The lowest BCUT2D eigenvalue weighted by atomic mass is 9.98. The molecule has 106 heavy (non-hydrogen) atoms. The Morgan fingerprint density at radius 3 is 1.10 bits per heavy atom. The van der Waals surface area contributed by atoms with Gasteiger partial charge in [-0.25, -0.2) is 29.3 Å². The summed E-state index contributed by atoms with van der Waals surface area (Å²) in [5.74, 6) is 4.67. The van der Waals surface area contributed by atoms with Crippen LogP contribution >= 0.6 is 11.6 Å². The number of fused-ring (bicyclic) bond motifs is 6. The van der Waals surface area contributed by atoms with Gasteiger partial charge in [0.1, 0.15) is 51.2 Å². The molecule has 0 spiro atoms. The average Bonchev–Trinajstić information content (AvgIpc) is 1.63. The number of esters is 2. The van der Waals surface area contributed by atoms with Gasteiger partial charge in [0.05, 0.1) is 69.0 Å². The van der Waals surface area contributed by atoms with E-state index in [-0.39, 0.29) is 31.2 Å². The van der Waals surface area contributed by atoms with E-state index in [4.69, 9.17) is 49.2 Å². The zero-order valence-corrected chi connectivity index (χ0v) is 61.1. The number of carbonyl (C=O) groups is 3. The predicted molar refractivity (Wildman–Crippen MR) is 402 cm³/mol. The molecule has 6 unspecified atom stereocenters. The number of rotatable bonds is 20. The Kier molecular flexibility index (Phi) is 22.9. The van der Waals surface area contributed by atoms with Crippen LogP contribution in [0.4, 0.5) is 11.6 Å². The lowest BCUT2D eigenvalue weighted by molar-refractivity contribution is 0.00873. The zero-order chi connectivity index (χ0) is 72.2. The molecule has 3 aromatic carbocycles. The quantitative estimate of drug-likeness (QED) is 0.0531. The SMILES string of the molecule is C.COC(=O)c1ccc(Cl)nc1.COC(=O)c1ccc(N2C3CC[C@H]2CC(OCc2c(-c4ccccc4C)noc2C2CC2)C3)nc1.Cc1ccccc1-c1noc(C2CC2)c1COC1CC2CC[C@@H](C1)N2.Cc1ccccc1-c1noc(C2CC2)c1COC1CC2CC[C@@H](C1)N2c1ccc(C(=O)O)cn1. The summed E-state index contributed by atoms with van der Waals surface area (Å²) in [6, 6.07) is 38.2. The van der Waals surface area contributed by atoms with E-state index in [0.29, 0.717) is 96.2 Å². The number of aromatic nitrogens is 6. The maximum Gasteiger partial charge on any atom is 0.339 e. The van der Waals surface area contributed by atoms with Crippen LogP contribution in [-0.4, -0.2) is 122 Å². The molecule has 3 saturated carbocycles. The normalized spacial score (nSPS) is 23.1. The first-order valence-electron chi connectivity index (χ1n) is 37.5. The molecule has 9 atom stereocenters. The largest absolute Gasteiger partial charge is 0.478 e. The third kappa shape index (κ3) is 16.7. The number of aromatic carboxylic acids is 1. The Morgan fingerprint density at radius 1 is 0.453 bits per heavy atom. The maximum atomic E-state index is 11.8. The summed E-state index contributed by atoms with van der Waals surface area (Å²) in [6.45, 7) is 8.05. The second kappa shape index (κ2) is 32.9. The first-order valence-corrected chi connectivity index (χ1v) is 37.8. The molecule has 22 heteroatoms. The van der Waals surface area contributed by atoms with Crippen LogP contribution in [0.2, 0.25) is 5.15 Å². The first kappa shape index (κ1) is 73.8. The van der Waals surface area contributed by atoms with Gasteiger partial charge in [0.15, 0.2) is 0 Å². The molecule has 9 fully saturated rings. The van der Waals surface area contributed by atoms with Crippen molar-refractivity contribution in [1.82, 2.24) is 35.7 Å². The highest BCUT2D eigenvalue weighted by Crippen LogP contribution is 2.49. The van der Waals surface area contributed by atoms with Gasteiger partial charge in [-0.05, 0) is 189 Å². The van der Waals surface area contributed by atoms with Crippen molar-refractivity contribution >= 4 is 41.1 Å². The van der Waals surface area contributed by atoms with Gasteiger partial charge in [-0.1, -0.05) is 107 Å². The van der Waals surface area contributed by atoms with Gasteiger partial charge in [0.2, 0.25) is 0 Å². The number of carboxylic acids is 1. The molecule has 21 nitrogen and oxygen atoms in total. The van der Waals surface area contributed by atoms with Gasteiger partial charge < -0.3 is 57.5 Å². The van der Waals surface area contributed by atoms with E-state index >= 15 is 0 Å². The molecule has 556 valence electrons. The summed E-state index contributed by atoms with van der Waals surface area (Å²) >= 11 is 5.50. The Balaban J connectivity index is 0.000000125. The van der Waals surface area contributed by atoms with Gasteiger partial charge in [-0.15, -0.1) is 0 Å². The molecular weight excluding hydrogens is 1360 g/mol. The van der Waals surface area contributed by atoms with E-state index < -0.39 is 11.9 Å². The van der Waals surface area contributed by atoms with Gasteiger partial charge in [0.25, 0.3) is 0 Å². The van der Waals surface area contributed by atoms with Crippen LogP contribution in [0, 0.1) is 20.8 Å². The van der Waals surface area contributed by atoms with Crippen molar-refractivity contribution in [2.75, 3.05) is 24.0 Å². The first-order chi connectivity index (χ1) is 51.2. The molecule has 9 aromatic rings. The molecule has 9 aliphatic rings. The van der Waals surface area contributed by atoms with Crippen molar-refractivity contribution in [2.24, 2.45) is 0 Å². The number of piperidine rings is 3. The van der Waals surface area contributed by atoms with Gasteiger partial charge in [-0.3, -0.25) is 0 Å². The number of methoxy groups -OCH3 is 2. The molecule has 0 amide bonds. The van der Waals surface area contributed by atoms with Crippen molar-refractivity contribution in [3.05, 3.63) is 200 Å². The number of nitrogens with zero attached hydrogens (tertiary/aromatic N) is 8. The molecule has 12 heterocycles. The lowest BCUT2D eigenvalue weighted by Crippen LogP contribution is -2.46. The summed E-state index contributed by atoms with van der Waals surface area (Å²) in [7, 11) is 2.70. The Hall–Kier alpha value is -9.12. The standard InChI is InChI=1S/C28H31N3O4.C27H29N3O4.C21H26N2O2.C7H6ClNO2.CH4/c1-17-5-3-4-6-23(17)26-24(27(35-30-26)18-7-8-18)16-34-22-13-20-10-11-21(14-22)31(20)25-12-9-19(15-29-25)28(32)33-2;1-16-4-2-3-5-22(16)25-23(26(34-29-25)17-6-7-17)15-33-21-12-19-9-10-20(13-21)30(19)24-11-8-18(14-28-24)27(31)32;1-13-4-2-3-5-18(13)20-19(21(25-23-20)14-6-7-14)12-24-17-10-15-8-9-16(11-17)22-15;1-11-7(10)5-2-3-6(8)9-4-5;/h3-6,9,12,15,18,20-22H,7-8,10-11,13-14,16H2,1-2H3;2-5,8,11,14,17,19-21H,6-7,9-10,12-13,15H2,1H3,(H,31,32);2-5,14-17,22H,6-12H2,1H3;2-4H,1H3;1H4/t20-,21?,22?;19-,20?,21?;15-,16?,17?;;/m000../s1. The number of nitrogens with one attached hydrogen (secondary N) is 1. The fourth-order valence-corrected chi connectivity index (χ4v) is 16.7. The summed E-state index contributed by atoms with van der Waals surface area (Å²) in [5.41, 5.74) is 14.4. The Morgan fingerprint density at radius 2 is 0.792 bits per heavy atom. The number of carbonyl (C=O) groups excluding carboxylic acids is 2. The number of hydrogen-bond acceptors (Lipinski definition) is 20. The number of benzene rings is 3. The zero-order valence-electron chi connectivity index (χ0n) is 60.3. The van der Waals surface area contributed by atoms with Crippen LogP contribution in [0.5, 0.6) is 0 Å². The second-order valence-corrected chi connectivity index (χ2v) is 30.2. The molecule has 18 rings (SSSR count). The minimum Gasteiger partial charge on any atom is -0.478 e. The molecule has 3 aliphatic carbocycles. The van der Waals surface area contributed by atoms with Crippen LogP contribution in [-0.2, 0) is 43.5 Å². The van der Waals surface area contributed by atoms with Gasteiger partial charge >= 0.3 is 17.9 Å². The Labute approximate surface area is 624 Å². The van der Waals surface area contributed by atoms with Gasteiger partial charge in [-0.2, -0.15) is 0 Å². The van der Waals surface area contributed by atoms with Crippen LogP contribution < -0.4 is 15.1 Å². The molecule has 6 aromatic heterocycles. The molecule has 0 radical (unpaired) electrons. The topological polar surface area (TPSA) is 253 Å². The minimum atomic E-state index is -0.946. The summed E-state index contributed by atoms with van der Waals surface area (Å²) in [6.07, 6.45) is 25.5. The highest BCUT2D eigenvalue weighted by atomic mass is 35.5. The number of anilines is 2. The number of carboxylic acid groups (broad SMARTS) is 1. The van der Waals surface area contributed by atoms with E-state index in [2.05, 4.69) is 132 Å². The van der Waals surface area contributed by atoms with Gasteiger partial charge in [0, 0.05) is 106 Å². The molecule has 6 aliphatic heterocycles. The highest BCUT2D eigenvalue weighted by Gasteiger charge is 2.45. The lowest BCUT2D eigenvalue weighted by Gasteiger charge is -2.39. The smallest absolute Gasteiger partial charge is 0.339 e. The predicted octanol–water partition coefficient (Wildman–Crippen LogP) is 17.2. The van der Waals surface area contributed by atoms with Crippen molar-refractivity contribution in [1.29, 1.82) is 0 Å². The molecule has 6 bridgehead atoms. The fraction of sp³-hybridized carbons (Fsp3) is 0.464. The second-order valence-electron chi connectivity index (χ2n) is 29.8. The highest BCUT2D eigenvalue weighted by molar-refractivity contribution is 6.29. The number of aryl methyl sites for hydroxylation is 3. The number of ether oxygens (including phenoxy) is 5. The van der Waals surface area contributed by atoms with Crippen molar-refractivity contribution in [3.8, 4) is 33.8 Å². The van der Waals surface area contributed by atoms with E-state index in [9.17, 15) is 14.4 Å². The van der Waals surface area contributed by atoms with Crippen LogP contribution in [0.25, 0.3) is 33.8 Å². The van der Waals surface area contributed by atoms with Crippen LogP contribution in [0.3, 0.4) is 0 Å². The molecular formula is C84H96ClN9O12. The number of hydrogen-bond donors (Lipinski definition) is 2. The van der Waals surface area contributed by atoms with E-state index in [0.717, 1.165) is 145 Å². The fourth-order valence-electron chi connectivity index (χ4n) is 16.6. The summed E-state index contributed by atoms with van der Waals surface area (Å²) in [4.78, 5) is 51.3. The summed E-state index contributed by atoms with van der Waals surface area (Å²) in [5, 5.41) is 26.6. The minimum absolute atomic E-state index is 0. The van der Waals surface area contributed by atoms with Crippen molar-refractivity contribution in [3.63, 3.8) is 0 Å². The third-order valence-electron chi connectivity index (χ3n) is 22.5. The van der Waals surface area contributed by atoms with E-state index in [1.807, 2.05) is 24.3 Å². The van der Waals surface area contributed by atoms with E-state index in [1.165, 1.54) is 99.0 Å². The van der Waals surface area contributed by atoms with Crippen LogP contribution in [0.15, 0.2) is 141 Å². The van der Waals surface area contributed by atoms with Crippen molar-refractivity contribution < 1.29 is 56.7 Å². The number of pyridine rings is 3. The number of halogens is 1. The van der Waals surface area contributed by atoms with Crippen molar-refractivity contribution in [2.45, 2.75) is 236 Å². The third-order valence-corrected chi connectivity index (χ3v) is 22.8. The van der Waals surface area contributed by atoms with E-state index in [1.54, 1.807) is 24.4 Å².